The Kier molecular flexibility index (Phi) is 11.2. The number of aliphatic hydroxyl groups is 5. The van der Waals surface area contributed by atoms with Crippen molar-refractivity contribution in [3.63, 3.8) is 0 Å². The number of hydrogen-bond acceptors (Lipinski definition) is 8. The quantitative estimate of drug-likeness (QED) is 0.172. The van der Waals surface area contributed by atoms with Gasteiger partial charge in [0.05, 0.1) is 19.3 Å². The van der Waals surface area contributed by atoms with Crippen molar-refractivity contribution in [1.82, 2.24) is 5.32 Å². The summed E-state index contributed by atoms with van der Waals surface area (Å²) in [5, 5.41) is 54.6. The van der Waals surface area contributed by atoms with E-state index in [9.17, 15) is 25.5 Å². The normalized spacial score (nSPS) is 45.3. The molecule has 4 fully saturated rings. The molecule has 0 aromatic heterocycles. The number of ether oxygens (including phenoxy) is 2. The van der Waals surface area contributed by atoms with Crippen LogP contribution in [0.15, 0.2) is 11.6 Å². The number of nitrogens with one attached hydrogen (secondary N) is 1. The SMILES string of the molecule is CO[C@@]1(CN[C@@H]2CC[C@@]3(C)C(=CC[C@H]4[C@@H]5CC[C@H]([C@H](C)CCCC(C)C)[C@@]5(C)CC[C@@H]43)C2)C[C@H](O)[C@@H](O)[C@H]([C@H](O)[C@@H](O)CO)O1. The van der Waals surface area contributed by atoms with Gasteiger partial charge in [-0.05, 0) is 97.7 Å². The Bertz CT molecular complexity index is 1020. The molecule has 1 aliphatic heterocycles. The lowest BCUT2D eigenvalue weighted by molar-refractivity contribution is -0.327. The third-order valence-electron chi connectivity index (χ3n) is 13.9. The van der Waals surface area contributed by atoms with Gasteiger partial charge in [0.1, 0.15) is 24.4 Å². The summed E-state index contributed by atoms with van der Waals surface area (Å²) in [4.78, 5) is 0. The summed E-state index contributed by atoms with van der Waals surface area (Å²) < 4.78 is 11.8. The molecule has 4 aliphatic carbocycles. The second-order valence-electron chi connectivity index (χ2n) is 16.8. The molecular weight excluding hydrogens is 570 g/mol. The molecule has 0 radical (unpaired) electrons. The summed E-state index contributed by atoms with van der Waals surface area (Å²) in [6.07, 6.45) is 9.74. The van der Waals surface area contributed by atoms with E-state index in [0.717, 1.165) is 54.8 Å². The molecule has 8 heteroatoms. The van der Waals surface area contributed by atoms with Gasteiger partial charge in [0.2, 0.25) is 0 Å². The van der Waals surface area contributed by atoms with E-state index in [1.54, 1.807) is 5.57 Å². The molecule has 45 heavy (non-hydrogen) atoms. The third-order valence-corrected chi connectivity index (χ3v) is 13.9. The first-order chi connectivity index (χ1) is 21.3. The van der Waals surface area contributed by atoms with Crippen molar-refractivity contribution in [2.45, 2.75) is 154 Å². The minimum absolute atomic E-state index is 0.0322. The molecule has 0 spiro atoms. The van der Waals surface area contributed by atoms with Crippen molar-refractivity contribution < 1.29 is 35.0 Å². The average molecular weight is 636 g/mol. The summed E-state index contributed by atoms with van der Waals surface area (Å²) in [6.45, 7) is 12.1. The Labute approximate surface area is 272 Å². The summed E-state index contributed by atoms with van der Waals surface area (Å²) in [5.41, 5.74) is 2.34. The van der Waals surface area contributed by atoms with Gasteiger partial charge >= 0.3 is 0 Å². The van der Waals surface area contributed by atoms with Crippen LogP contribution in [-0.4, -0.2) is 88.1 Å². The van der Waals surface area contributed by atoms with Crippen LogP contribution in [0, 0.1) is 46.3 Å². The topological polar surface area (TPSA) is 132 Å². The minimum Gasteiger partial charge on any atom is -0.394 e. The molecule has 5 aliphatic rings. The van der Waals surface area contributed by atoms with Gasteiger partial charge in [-0.2, -0.15) is 0 Å². The monoisotopic (exact) mass is 635 g/mol. The van der Waals surface area contributed by atoms with Crippen molar-refractivity contribution in [2.75, 3.05) is 20.3 Å². The average Bonchev–Trinajstić information content (AvgIpc) is 3.38. The van der Waals surface area contributed by atoms with Crippen LogP contribution in [0.4, 0.5) is 0 Å². The van der Waals surface area contributed by atoms with E-state index in [2.05, 4.69) is 46.0 Å². The Balaban J connectivity index is 1.22. The third kappa shape index (κ3) is 6.83. The summed E-state index contributed by atoms with van der Waals surface area (Å²) in [7, 11) is 1.50. The van der Waals surface area contributed by atoms with Crippen LogP contribution >= 0.6 is 0 Å². The van der Waals surface area contributed by atoms with Crippen LogP contribution < -0.4 is 5.32 Å². The maximum absolute atomic E-state index is 10.6. The molecule has 1 saturated heterocycles. The molecule has 6 N–H and O–H groups in total. The van der Waals surface area contributed by atoms with Gasteiger partial charge in [0.15, 0.2) is 5.79 Å². The Morgan fingerprint density at radius 3 is 2.47 bits per heavy atom. The van der Waals surface area contributed by atoms with Gasteiger partial charge in [0, 0.05) is 19.6 Å². The molecule has 0 aromatic carbocycles. The van der Waals surface area contributed by atoms with Crippen LogP contribution in [0.25, 0.3) is 0 Å². The van der Waals surface area contributed by atoms with Crippen molar-refractivity contribution in [3.8, 4) is 0 Å². The molecule has 3 saturated carbocycles. The highest BCUT2D eigenvalue weighted by Gasteiger charge is 2.59. The van der Waals surface area contributed by atoms with E-state index < -0.39 is 42.9 Å². The van der Waals surface area contributed by atoms with Gasteiger partial charge < -0.3 is 40.3 Å². The number of fused-ring (bicyclic) bond motifs is 5. The summed E-state index contributed by atoms with van der Waals surface area (Å²) >= 11 is 0. The van der Waals surface area contributed by atoms with Gasteiger partial charge in [-0.15, -0.1) is 0 Å². The van der Waals surface area contributed by atoms with E-state index in [0.29, 0.717) is 5.41 Å². The number of hydrogen-bond donors (Lipinski definition) is 6. The number of aliphatic hydroxyl groups excluding tert-OH is 5. The van der Waals surface area contributed by atoms with Crippen LogP contribution in [0.2, 0.25) is 0 Å². The molecule has 0 unspecified atom stereocenters. The van der Waals surface area contributed by atoms with E-state index >= 15 is 0 Å². The molecule has 5 rings (SSSR count). The highest BCUT2D eigenvalue weighted by Crippen LogP contribution is 2.67. The van der Waals surface area contributed by atoms with Crippen molar-refractivity contribution in [3.05, 3.63) is 11.6 Å². The van der Waals surface area contributed by atoms with Gasteiger partial charge in [-0.3, -0.25) is 0 Å². The van der Waals surface area contributed by atoms with Gasteiger partial charge in [-0.25, -0.2) is 0 Å². The standard InChI is InChI=1S/C37H65NO7/c1-22(2)8-7-9-23(3)27-12-13-28-26-11-10-24-18-25(14-16-35(24,4)29(26)15-17-36(27,28)5)38-21-37(44-6)19-30(40)32(42)34(45-37)33(43)31(41)20-39/h10,22-23,25-34,38-43H,7-9,11-21H2,1-6H3/t23-,25-,26+,27-,28+,29+,30+,31+,32-,33-,34-,35+,36-,37+/m1/s1. The zero-order chi connectivity index (χ0) is 32.7. The van der Waals surface area contributed by atoms with Gasteiger partial charge in [-0.1, -0.05) is 65.5 Å². The molecule has 14 atom stereocenters. The highest BCUT2D eigenvalue weighted by molar-refractivity contribution is 5.26. The summed E-state index contributed by atoms with van der Waals surface area (Å²) in [6, 6.07) is 0.239. The molecule has 1 heterocycles. The first-order valence-electron chi connectivity index (χ1n) is 18.3. The van der Waals surface area contributed by atoms with E-state index in [1.165, 1.54) is 58.5 Å². The molecule has 0 bridgehead atoms. The Hall–Kier alpha value is -0.580. The van der Waals surface area contributed by atoms with Gasteiger partial charge in [0.25, 0.3) is 0 Å². The fourth-order valence-electron chi connectivity index (χ4n) is 11.1. The number of allylic oxidation sites excluding steroid dienone is 1. The maximum Gasteiger partial charge on any atom is 0.183 e. The lowest BCUT2D eigenvalue weighted by Crippen LogP contribution is -2.64. The Morgan fingerprint density at radius 2 is 1.78 bits per heavy atom. The van der Waals surface area contributed by atoms with Crippen LogP contribution in [0.1, 0.15) is 112 Å². The molecule has 260 valence electrons. The number of methoxy groups -OCH3 is 1. The first kappa shape index (κ1) is 35.7. The first-order valence-corrected chi connectivity index (χ1v) is 18.3. The predicted octanol–water partition coefficient (Wildman–Crippen LogP) is 4.55. The highest BCUT2D eigenvalue weighted by atomic mass is 16.7. The van der Waals surface area contributed by atoms with Crippen LogP contribution in [-0.2, 0) is 9.47 Å². The fraction of sp³-hybridized carbons (Fsp3) is 0.946. The lowest BCUT2D eigenvalue weighted by atomic mass is 9.47. The second kappa shape index (κ2) is 14.1. The Morgan fingerprint density at radius 1 is 1.02 bits per heavy atom. The largest absolute Gasteiger partial charge is 0.394 e. The number of rotatable bonds is 12. The van der Waals surface area contributed by atoms with Crippen molar-refractivity contribution >= 4 is 0 Å². The van der Waals surface area contributed by atoms with Crippen LogP contribution in [0.5, 0.6) is 0 Å². The zero-order valence-corrected chi connectivity index (χ0v) is 29.0. The van der Waals surface area contributed by atoms with Crippen molar-refractivity contribution in [1.29, 1.82) is 0 Å². The molecule has 0 aromatic rings. The van der Waals surface area contributed by atoms with Crippen molar-refractivity contribution in [2.24, 2.45) is 46.3 Å². The lowest BCUT2D eigenvalue weighted by Gasteiger charge is -2.58. The minimum atomic E-state index is -1.56. The molecule has 8 nitrogen and oxygen atoms in total. The van der Waals surface area contributed by atoms with E-state index in [4.69, 9.17) is 9.47 Å². The smallest absolute Gasteiger partial charge is 0.183 e. The second-order valence-corrected chi connectivity index (χ2v) is 16.8. The summed E-state index contributed by atoms with van der Waals surface area (Å²) in [5.74, 6) is 3.63. The zero-order valence-electron chi connectivity index (χ0n) is 29.0. The molecule has 0 amide bonds. The fourth-order valence-corrected chi connectivity index (χ4v) is 11.1. The van der Waals surface area contributed by atoms with E-state index in [1.807, 2.05) is 0 Å². The van der Waals surface area contributed by atoms with Crippen LogP contribution in [0.3, 0.4) is 0 Å². The molecular formula is C37H65NO7. The predicted molar refractivity (Wildman–Crippen MR) is 175 cm³/mol. The van der Waals surface area contributed by atoms with E-state index in [-0.39, 0.29) is 24.4 Å². The maximum atomic E-state index is 10.6.